The van der Waals surface area contributed by atoms with Gasteiger partial charge in [0.2, 0.25) is 5.91 Å². The van der Waals surface area contributed by atoms with Crippen molar-refractivity contribution in [1.29, 1.82) is 0 Å². The first-order chi connectivity index (χ1) is 11.5. The van der Waals surface area contributed by atoms with E-state index in [9.17, 15) is 9.90 Å². The van der Waals surface area contributed by atoms with E-state index in [4.69, 9.17) is 4.52 Å². The molecule has 0 aliphatic carbocycles. The number of aromatic nitrogens is 2. The number of aryl methyl sites for hydroxylation is 2. The first kappa shape index (κ1) is 16.2. The molecule has 3 aromatic rings. The molecule has 0 bridgehead atoms. The van der Waals surface area contributed by atoms with Crippen LogP contribution < -0.4 is 5.32 Å². The number of aromatic hydroxyl groups is 1. The van der Waals surface area contributed by atoms with Gasteiger partial charge in [-0.25, -0.2) is 4.98 Å². The van der Waals surface area contributed by atoms with E-state index in [1.807, 2.05) is 25.3 Å². The summed E-state index contributed by atoms with van der Waals surface area (Å²) in [5.74, 6) is 0.276. The molecule has 2 N–H and O–H groups in total. The van der Waals surface area contributed by atoms with Crippen molar-refractivity contribution in [3.05, 3.63) is 46.7 Å². The van der Waals surface area contributed by atoms with E-state index in [1.54, 1.807) is 25.1 Å². The monoisotopic (exact) mass is 343 g/mol. The van der Waals surface area contributed by atoms with Gasteiger partial charge in [0.15, 0.2) is 5.13 Å². The van der Waals surface area contributed by atoms with Crippen molar-refractivity contribution in [2.45, 2.75) is 26.7 Å². The minimum atomic E-state index is -0.385. The Kier molecular flexibility index (Phi) is 4.35. The van der Waals surface area contributed by atoms with E-state index in [1.165, 1.54) is 11.3 Å². The molecule has 0 radical (unpaired) electrons. The van der Waals surface area contributed by atoms with Crippen LogP contribution in [0, 0.1) is 13.8 Å². The smallest absolute Gasteiger partial charge is 0.233 e. The average molecular weight is 343 g/mol. The molecular weight excluding hydrogens is 326 g/mol. The maximum atomic E-state index is 12.5. The maximum absolute atomic E-state index is 12.5. The number of anilines is 1. The molecule has 0 saturated heterocycles. The van der Waals surface area contributed by atoms with Crippen molar-refractivity contribution in [2.75, 3.05) is 5.32 Å². The van der Waals surface area contributed by atoms with E-state index in [0.717, 1.165) is 16.8 Å². The van der Waals surface area contributed by atoms with Gasteiger partial charge in [0, 0.05) is 16.5 Å². The number of benzene rings is 1. The van der Waals surface area contributed by atoms with Crippen LogP contribution in [0.3, 0.4) is 0 Å². The molecule has 1 amide bonds. The summed E-state index contributed by atoms with van der Waals surface area (Å²) in [6, 6.07) is 6.84. The van der Waals surface area contributed by atoms with Crippen molar-refractivity contribution in [1.82, 2.24) is 10.1 Å². The summed E-state index contributed by atoms with van der Waals surface area (Å²) in [7, 11) is 0. The van der Waals surface area contributed by atoms with Gasteiger partial charge in [-0.15, -0.1) is 11.3 Å². The molecule has 0 spiro atoms. The van der Waals surface area contributed by atoms with Gasteiger partial charge in [0.1, 0.15) is 11.5 Å². The summed E-state index contributed by atoms with van der Waals surface area (Å²) >= 11 is 1.34. The summed E-state index contributed by atoms with van der Waals surface area (Å²) in [4.78, 5) is 16.9. The summed E-state index contributed by atoms with van der Waals surface area (Å²) in [5, 5.41) is 18.6. The number of amides is 1. The number of nitrogens with one attached hydrogen (secondary N) is 1. The van der Waals surface area contributed by atoms with Crippen LogP contribution in [-0.2, 0) is 4.79 Å². The van der Waals surface area contributed by atoms with Crippen molar-refractivity contribution in [2.24, 2.45) is 0 Å². The summed E-state index contributed by atoms with van der Waals surface area (Å²) in [6.45, 7) is 5.42. The van der Waals surface area contributed by atoms with Crippen molar-refractivity contribution in [3.63, 3.8) is 0 Å². The second kappa shape index (κ2) is 6.45. The van der Waals surface area contributed by atoms with Crippen LogP contribution in [0.1, 0.15) is 29.9 Å². The lowest BCUT2D eigenvalue weighted by atomic mass is 9.99. The lowest BCUT2D eigenvalue weighted by molar-refractivity contribution is -0.117. The Bertz CT molecular complexity index is 865. The summed E-state index contributed by atoms with van der Waals surface area (Å²) < 4.78 is 5.12. The quantitative estimate of drug-likeness (QED) is 0.751. The number of thiazole rings is 1. The van der Waals surface area contributed by atoms with Gasteiger partial charge >= 0.3 is 0 Å². The van der Waals surface area contributed by atoms with Gasteiger partial charge in [-0.1, -0.05) is 17.3 Å². The number of carbonyl (C=O) groups excluding carboxylic acids is 1. The zero-order valence-electron chi connectivity index (χ0n) is 13.5. The molecule has 0 fully saturated rings. The second-order valence-electron chi connectivity index (χ2n) is 5.54. The van der Waals surface area contributed by atoms with Crippen molar-refractivity contribution in [3.8, 4) is 17.0 Å². The number of hydrogen-bond donors (Lipinski definition) is 2. The highest BCUT2D eigenvalue weighted by molar-refractivity contribution is 7.14. The summed E-state index contributed by atoms with van der Waals surface area (Å²) in [6.07, 6.45) is 0. The molecule has 1 atom stereocenters. The fourth-order valence-corrected chi connectivity index (χ4v) is 3.30. The highest BCUT2D eigenvalue weighted by atomic mass is 32.1. The molecule has 3 rings (SSSR count). The van der Waals surface area contributed by atoms with Crippen molar-refractivity contribution < 1.29 is 14.4 Å². The van der Waals surface area contributed by atoms with Gasteiger partial charge in [0.25, 0.3) is 0 Å². The van der Waals surface area contributed by atoms with Crippen LogP contribution in [0.2, 0.25) is 0 Å². The fraction of sp³-hybridized carbons (Fsp3) is 0.235. The van der Waals surface area contributed by atoms with E-state index in [2.05, 4.69) is 15.5 Å². The summed E-state index contributed by atoms with van der Waals surface area (Å²) in [5.41, 5.74) is 3.02. The van der Waals surface area contributed by atoms with Crippen LogP contribution >= 0.6 is 11.3 Å². The molecule has 0 unspecified atom stereocenters. The second-order valence-corrected chi connectivity index (χ2v) is 6.40. The topological polar surface area (TPSA) is 88.3 Å². The van der Waals surface area contributed by atoms with Crippen LogP contribution in [0.15, 0.2) is 34.2 Å². The first-order valence-electron chi connectivity index (χ1n) is 7.44. The Labute approximate surface area is 143 Å². The Hall–Kier alpha value is -2.67. The SMILES string of the molecule is Cc1noc(C)c1[C@H](C)C(=O)Nc1nc(-c2cccc(O)c2)cs1. The molecule has 6 nitrogen and oxygen atoms in total. The largest absolute Gasteiger partial charge is 0.508 e. The zero-order chi connectivity index (χ0) is 17.3. The normalized spacial score (nSPS) is 12.1. The maximum Gasteiger partial charge on any atom is 0.233 e. The average Bonchev–Trinajstić information content (AvgIpc) is 3.14. The minimum absolute atomic E-state index is 0.166. The van der Waals surface area contributed by atoms with Gasteiger partial charge in [0.05, 0.1) is 17.3 Å². The fourth-order valence-electron chi connectivity index (χ4n) is 2.58. The minimum Gasteiger partial charge on any atom is -0.508 e. The van der Waals surface area contributed by atoms with Gasteiger partial charge in [-0.05, 0) is 32.9 Å². The molecule has 2 aromatic heterocycles. The Morgan fingerprint density at radius 3 is 2.83 bits per heavy atom. The van der Waals surface area contributed by atoms with E-state index < -0.39 is 0 Å². The van der Waals surface area contributed by atoms with Crippen LogP contribution in [0.4, 0.5) is 5.13 Å². The molecular formula is C17H17N3O3S. The Morgan fingerprint density at radius 1 is 1.38 bits per heavy atom. The lowest BCUT2D eigenvalue weighted by Crippen LogP contribution is -2.19. The molecule has 7 heteroatoms. The van der Waals surface area contributed by atoms with Crippen molar-refractivity contribution >= 4 is 22.4 Å². The Balaban J connectivity index is 1.76. The number of phenolic OH excluding ortho intramolecular Hbond substituents is 1. The van der Waals surface area contributed by atoms with Crippen LogP contribution in [0.5, 0.6) is 5.75 Å². The highest BCUT2D eigenvalue weighted by Crippen LogP contribution is 2.29. The number of hydrogen-bond acceptors (Lipinski definition) is 6. The molecule has 1 aromatic carbocycles. The predicted octanol–water partition coefficient (Wildman–Crippen LogP) is 3.86. The number of carbonyl (C=O) groups is 1. The standard InChI is InChI=1S/C17H17N3O3S/c1-9(15-10(2)20-23-11(15)3)16(22)19-17-18-14(8-24-17)12-5-4-6-13(21)7-12/h4-9,21H,1-3H3,(H,18,19,22)/t9-/m0/s1. The third-order valence-corrected chi connectivity index (χ3v) is 4.55. The molecule has 24 heavy (non-hydrogen) atoms. The molecule has 0 saturated carbocycles. The van der Waals surface area contributed by atoms with Gasteiger partial charge < -0.3 is 14.9 Å². The van der Waals surface area contributed by atoms with E-state index >= 15 is 0 Å². The van der Waals surface area contributed by atoms with E-state index in [0.29, 0.717) is 16.6 Å². The van der Waals surface area contributed by atoms with Gasteiger partial charge in [-0.2, -0.15) is 0 Å². The highest BCUT2D eigenvalue weighted by Gasteiger charge is 2.23. The Morgan fingerprint density at radius 2 is 2.17 bits per heavy atom. The number of phenols is 1. The number of nitrogens with zero attached hydrogens (tertiary/aromatic N) is 2. The molecule has 2 heterocycles. The van der Waals surface area contributed by atoms with Crippen LogP contribution in [0.25, 0.3) is 11.3 Å². The third kappa shape index (κ3) is 3.16. The van der Waals surface area contributed by atoms with Crippen LogP contribution in [-0.4, -0.2) is 21.2 Å². The van der Waals surface area contributed by atoms with E-state index in [-0.39, 0.29) is 17.6 Å². The first-order valence-corrected chi connectivity index (χ1v) is 8.32. The number of rotatable bonds is 4. The molecule has 0 aliphatic rings. The molecule has 124 valence electrons. The zero-order valence-corrected chi connectivity index (χ0v) is 14.3. The lowest BCUT2D eigenvalue weighted by Gasteiger charge is -2.10. The third-order valence-electron chi connectivity index (χ3n) is 3.79. The predicted molar refractivity (Wildman–Crippen MR) is 92.2 cm³/mol. The van der Waals surface area contributed by atoms with Gasteiger partial charge in [-0.3, -0.25) is 4.79 Å². The molecule has 0 aliphatic heterocycles.